The van der Waals surface area contributed by atoms with E-state index in [-0.39, 0.29) is 5.63 Å². The quantitative estimate of drug-likeness (QED) is 0.437. The Kier molecular flexibility index (Phi) is 2.32. The third-order valence-electron chi connectivity index (χ3n) is 3.44. The van der Waals surface area contributed by atoms with Gasteiger partial charge in [0.25, 0.3) is 0 Å². The number of fused-ring (bicyclic) bond motifs is 5. The third-order valence-corrected chi connectivity index (χ3v) is 3.93. The Morgan fingerprint density at radius 3 is 2.65 bits per heavy atom. The maximum absolute atomic E-state index is 12.2. The van der Waals surface area contributed by atoms with Gasteiger partial charge >= 0.3 is 5.63 Å². The number of hydrogen-bond donors (Lipinski definition) is 0. The van der Waals surface area contributed by atoms with Gasteiger partial charge in [0.1, 0.15) is 16.6 Å². The average Bonchev–Trinajstić information content (AvgIpc) is 2.77. The zero-order chi connectivity index (χ0) is 13.9. The first-order valence-electron chi connectivity index (χ1n) is 6.19. The highest BCUT2D eigenvalue weighted by Gasteiger charge is 2.16. The van der Waals surface area contributed by atoms with Crippen LogP contribution >= 0.6 is 15.9 Å². The van der Waals surface area contributed by atoms with Crippen LogP contribution in [0.25, 0.3) is 32.9 Å². The fraction of sp³-hybridized carbons (Fsp3) is 0.0625. The fourth-order valence-electron chi connectivity index (χ4n) is 2.51. The lowest BCUT2D eigenvalue weighted by molar-refractivity contribution is 0.566. The summed E-state index contributed by atoms with van der Waals surface area (Å²) in [7, 11) is 0. The van der Waals surface area contributed by atoms with Gasteiger partial charge in [-0.15, -0.1) is 0 Å². The van der Waals surface area contributed by atoms with Crippen LogP contribution in [0.2, 0.25) is 0 Å². The molecule has 2 aromatic heterocycles. The van der Waals surface area contributed by atoms with Gasteiger partial charge in [-0.3, -0.25) is 0 Å². The second-order valence-corrected chi connectivity index (χ2v) is 5.75. The van der Waals surface area contributed by atoms with Gasteiger partial charge in [0, 0.05) is 9.86 Å². The number of hydrogen-bond acceptors (Lipinski definition) is 3. The lowest BCUT2D eigenvalue weighted by Crippen LogP contribution is -1.98. The molecule has 4 heteroatoms. The highest BCUT2D eigenvalue weighted by atomic mass is 79.9. The van der Waals surface area contributed by atoms with Crippen molar-refractivity contribution >= 4 is 48.8 Å². The number of furan rings is 1. The highest BCUT2D eigenvalue weighted by Crippen LogP contribution is 2.33. The second-order valence-electron chi connectivity index (χ2n) is 4.84. The first-order chi connectivity index (χ1) is 9.63. The normalized spacial score (nSPS) is 11.7. The molecular formula is C16H9BrO3. The van der Waals surface area contributed by atoms with E-state index in [2.05, 4.69) is 15.9 Å². The molecular weight excluding hydrogens is 320 g/mol. The van der Waals surface area contributed by atoms with E-state index in [0.29, 0.717) is 22.1 Å². The van der Waals surface area contributed by atoms with Gasteiger partial charge in [-0.05, 0) is 42.8 Å². The summed E-state index contributed by atoms with van der Waals surface area (Å²) >= 11 is 3.41. The van der Waals surface area contributed by atoms with Crippen molar-refractivity contribution in [3.63, 3.8) is 0 Å². The number of rotatable bonds is 0. The van der Waals surface area contributed by atoms with Crippen LogP contribution < -0.4 is 5.63 Å². The van der Waals surface area contributed by atoms with Gasteiger partial charge in [-0.25, -0.2) is 4.79 Å². The van der Waals surface area contributed by atoms with E-state index in [4.69, 9.17) is 8.83 Å². The molecule has 0 aliphatic rings. The predicted octanol–water partition coefficient (Wildman–Crippen LogP) is 4.76. The first kappa shape index (κ1) is 11.7. The summed E-state index contributed by atoms with van der Waals surface area (Å²) in [5.74, 6) is 0. The van der Waals surface area contributed by atoms with E-state index < -0.39 is 0 Å². The largest absolute Gasteiger partial charge is 0.455 e. The number of benzene rings is 2. The Hall–Kier alpha value is -2.07. The van der Waals surface area contributed by atoms with E-state index in [0.717, 1.165) is 20.8 Å². The van der Waals surface area contributed by atoms with Crippen LogP contribution in [0.4, 0.5) is 0 Å². The summed E-state index contributed by atoms with van der Waals surface area (Å²) in [5, 5.41) is 2.08. The SMILES string of the molecule is Cc1ccc2c(c1)oc(=O)c1c3cc(Br)ccc3oc21. The summed E-state index contributed by atoms with van der Waals surface area (Å²) in [6, 6.07) is 11.4. The van der Waals surface area contributed by atoms with Crippen molar-refractivity contribution in [1.29, 1.82) is 0 Å². The zero-order valence-corrected chi connectivity index (χ0v) is 12.2. The first-order valence-corrected chi connectivity index (χ1v) is 6.98. The smallest absolute Gasteiger partial charge is 0.348 e. The van der Waals surface area contributed by atoms with E-state index >= 15 is 0 Å². The monoisotopic (exact) mass is 328 g/mol. The molecule has 4 aromatic rings. The highest BCUT2D eigenvalue weighted by molar-refractivity contribution is 9.10. The van der Waals surface area contributed by atoms with Crippen molar-refractivity contribution in [2.24, 2.45) is 0 Å². The molecule has 0 spiro atoms. The summed E-state index contributed by atoms with van der Waals surface area (Å²) in [5.41, 5.74) is 2.50. The minimum atomic E-state index is -0.366. The molecule has 0 saturated heterocycles. The lowest BCUT2D eigenvalue weighted by Gasteiger charge is -1.98. The van der Waals surface area contributed by atoms with E-state index in [1.807, 2.05) is 43.3 Å². The zero-order valence-electron chi connectivity index (χ0n) is 10.6. The molecule has 0 radical (unpaired) electrons. The maximum atomic E-state index is 12.2. The molecule has 0 fully saturated rings. The maximum Gasteiger partial charge on any atom is 0.348 e. The van der Waals surface area contributed by atoms with Crippen molar-refractivity contribution < 1.29 is 8.83 Å². The standard InChI is InChI=1S/C16H9BrO3/c1-8-2-4-10-13(6-8)20-16(18)14-11-7-9(17)3-5-12(11)19-15(10)14/h2-7H,1H3. The fourth-order valence-corrected chi connectivity index (χ4v) is 2.88. The molecule has 0 aliphatic heterocycles. The van der Waals surface area contributed by atoms with Gasteiger partial charge in [0.2, 0.25) is 0 Å². The third kappa shape index (κ3) is 1.55. The molecule has 2 heterocycles. The van der Waals surface area contributed by atoms with Crippen molar-refractivity contribution in [3.8, 4) is 0 Å². The molecule has 0 bridgehead atoms. The van der Waals surface area contributed by atoms with E-state index in [9.17, 15) is 4.79 Å². The summed E-state index contributed by atoms with van der Waals surface area (Å²) in [6.45, 7) is 1.96. The van der Waals surface area contributed by atoms with Crippen molar-refractivity contribution in [2.75, 3.05) is 0 Å². The molecule has 2 aromatic carbocycles. The predicted molar refractivity (Wildman–Crippen MR) is 82.2 cm³/mol. The van der Waals surface area contributed by atoms with Gasteiger partial charge in [0.15, 0.2) is 5.58 Å². The summed E-state index contributed by atoms with van der Waals surface area (Å²) in [4.78, 5) is 12.2. The lowest BCUT2D eigenvalue weighted by atomic mass is 10.1. The Bertz CT molecular complexity index is 1040. The minimum absolute atomic E-state index is 0.366. The van der Waals surface area contributed by atoms with Gasteiger partial charge in [-0.1, -0.05) is 22.0 Å². The second kappa shape index (κ2) is 3.96. The molecule has 0 unspecified atom stereocenters. The van der Waals surface area contributed by atoms with Crippen LogP contribution in [-0.4, -0.2) is 0 Å². The summed E-state index contributed by atoms with van der Waals surface area (Å²) in [6.07, 6.45) is 0. The van der Waals surface area contributed by atoms with Gasteiger partial charge in [0.05, 0.1) is 5.39 Å². The van der Waals surface area contributed by atoms with Crippen LogP contribution in [0.15, 0.2) is 54.5 Å². The Labute approximate surface area is 121 Å². The number of aryl methyl sites for hydroxylation is 1. The minimum Gasteiger partial charge on any atom is -0.455 e. The van der Waals surface area contributed by atoms with Gasteiger partial charge in [-0.2, -0.15) is 0 Å². The van der Waals surface area contributed by atoms with Crippen molar-refractivity contribution in [1.82, 2.24) is 0 Å². The number of halogens is 1. The molecule has 0 N–H and O–H groups in total. The van der Waals surface area contributed by atoms with E-state index in [1.54, 1.807) is 0 Å². The molecule has 4 rings (SSSR count). The van der Waals surface area contributed by atoms with Crippen LogP contribution in [0.1, 0.15) is 5.56 Å². The van der Waals surface area contributed by atoms with Crippen molar-refractivity contribution in [3.05, 3.63) is 56.9 Å². The molecule has 3 nitrogen and oxygen atoms in total. The topological polar surface area (TPSA) is 43.4 Å². The Morgan fingerprint density at radius 1 is 0.950 bits per heavy atom. The van der Waals surface area contributed by atoms with Crippen molar-refractivity contribution in [2.45, 2.75) is 6.92 Å². The van der Waals surface area contributed by atoms with E-state index in [1.165, 1.54) is 0 Å². The van der Waals surface area contributed by atoms with Crippen LogP contribution in [-0.2, 0) is 0 Å². The molecule has 98 valence electrons. The Morgan fingerprint density at radius 2 is 1.80 bits per heavy atom. The average molecular weight is 329 g/mol. The van der Waals surface area contributed by atoms with Crippen LogP contribution in [0, 0.1) is 6.92 Å². The molecule has 0 aliphatic carbocycles. The molecule has 0 saturated carbocycles. The Balaban J connectivity index is 2.33. The molecule has 0 atom stereocenters. The van der Waals surface area contributed by atoms with Crippen LogP contribution in [0.3, 0.4) is 0 Å². The molecule has 0 amide bonds. The van der Waals surface area contributed by atoms with Gasteiger partial charge < -0.3 is 8.83 Å². The molecule has 20 heavy (non-hydrogen) atoms. The summed E-state index contributed by atoms with van der Waals surface area (Å²) < 4.78 is 12.2. The van der Waals surface area contributed by atoms with Crippen LogP contribution in [0.5, 0.6) is 0 Å².